The summed E-state index contributed by atoms with van der Waals surface area (Å²) in [5.41, 5.74) is 2.59. The van der Waals surface area contributed by atoms with Gasteiger partial charge in [-0.2, -0.15) is 0 Å². The average Bonchev–Trinajstić information content (AvgIpc) is 3.16. The van der Waals surface area contributed by atoms with Gasteiger partial charge in [0.15, 0.2) is 11.3 Å². The zero-order valence-electron chi connectivity index (χ0n) is 14.4. The maximum absolute atomic E-state index is 6.39. The summed E-state index contributed by atoms with van der Waals surface area (Å²) >= 11 is 0. The van der Waals surface area contributed by atoms with Gasteiger partial charge >= 0.3 is 0 Å². The van der Waals surface area contributed by atoms with E-state index in [9.17, 15) is 0 Å². The van der Waals surface area contributed by atoms with Crippen LogP contribution >= 0.6 is 0 Å². The number of methoxy groups -OCH3 is 3. The molecule has 0 N–H and O–H groups in total. The minimum atomic E-state index is -0.169. The molecule has 0 aliphatic carbocycles. The third-order valence-electron chi connectivity index (χ3n) is 4.69. The number of rotatable bonds is 4. The molecule has 0 bridgehead atoms. The van der Waals surface area contributed by atoms with Gasteiger partial charge in [0.05, 0.1) is 37.5 Å². The first-order chi connectivity index (χ1) is 12.3. The molecule has 0 fully saturated rings. The van der Waals surface area contributed by atoms with Gasteiger partial charge in [0, 0.05) is 13.5 Å². The van der Waals surface area contributed by atoms with E-state index in [0.717, 1.165) is 22.3 Å². The van der Waals surface area contributed by atoms with Crippen molar-refractivity contribution in [2.75, 3.05) is 21.3 Å². The molecule has 4 rings (SSSR count). The van der Waals surface area contributed by atoms with Gasteiger partial charge in [-0.25, -0.2) is 0 Å². The van der Waals surface area contributed by atoms with Crippen molar-refractivity contribution in [3.05, 3.63) is 53.8 Å². The summed E-state index contributed by atoms with van der Waals surface area (Å²) in [4.78, 5) is 0. The van der Waals surface area contributed by atoms with Crippen LogP contribution in [-0.4, -0.2) is 21.3 Å². The molecular weight excluding hydrogens is 320 g/mol. The molecule has 0 saturated carbocycles. The first-order valence-corrected chi connectivity index (χ1v) is 8.17. The number of hydrogen-bond donors (Lipinski definition) is 0. The van der Waals surface area contributed by atoms with Gasteiger partial charge in [0.25, 0.3) is 0 Å². The van der Waals surface area contributed by atoms with Crippen molar-refractivity contribution < 1.29 is 23.4 Å². The first-order valence-electron chi connectivity index (χ1n) is 8.17. The molecule has 3 aromatic rings. The molecule has 5 nitrogen and oxygen atoms in total. The third kappa shape index (κ3) is 2.43. The summed E-state index contributed by atoms with van der Waals surface area (Å²) in [5, 5.41) is 0.857. The highest BCUT2D eigenvalue weighted by Gasteiger charge is 2.36. The van der Waals surface area contributed by atoms with Gasteiger partial charge in [0.1, 0.15) is 11.9 Å². The van der Waals surface area contributed by atoms with E-state index in [0.29, 0.717) is 23.5 Å². The molecule has 0 spiro atoms. The van der Waals surface area contributed by atoms with Crippen LogP contribution in [0.5, 0.6) is 17.2 Å². The lowest BCUT2D eigenvalue weighted by atomic mass is 9.92. The van der Waals surface area contributed by atoms with Crippen LogP contribution in [0.15, 0.2) is 47.1 Å². The molecular formula is C20H20O5. The lowest BCUT2D eigenvalue weighted by Gasteiger charge is -2.33. The van der Waals surface area contributed by atoms with E-state index in [2.05, 4.69) is 12.1 Å². The van der Waals surface area contributed by atoms with Crippen molar-refractivity contribution in [2.24, 2.45) is 0 Å². The van der Waals surface area contributed by atoms with Crippen LogP contribution in [0.4, 0.5) is 0 Å². The van der Waals surface area contributed by atoms with Crippen molar-refractivity contribution in [3.63, 3.8) is 0 Å². The zero-order chi connectivity index (χ0) is 17.4. The van der Waals surface area contributed by atoms with Gasteiger partial charge in [0.2, 0.25) is 5.75 Å². The van der Waals surface area contributed by atoms with Crippen LogP contribution in [-0.2, 0) is 4.74 Å². The first kappa shape index (κ1) is 15.8. The lowest BCUT2D eigenvalue weighted by Crippen LogP contribution is -2.21. The zero-order valence-corrected chi connectivity index (χ0v) is 14.4. The molecule has 1 aliphatic rings. The highest BCUT2D eigenvalue weighted by Crippen LogP contribution is 2.54. The Bertz CT molecular complexity index is 884. The smallest absolute Gasteiger partial charge is 0.205 e. The van der Waals surface area contributed by atoms with E-state index in [4.69, 9.17) is 23.4 Å². The van der Waals surface area contributed by atoms with Crippen LogP contribution in [0, 0.1) is 0 Å². The Hall–Kier alpha value is -2.66. The number of ether oxygens (including phenoxy) is 4. The molecule has 25 heavy (non-hydrogen) atoms. The molecule has 2 aromatic carbocycles. The number of hydrogen-bond acceptors (Lipinski definition) is 5. The fourth-order valence-electron chi connectivity index (χ4n) is 3.53. The van der Waals surface area contributed by atoms with E-state index in [1.165, 1.54) is 0 Å². The van der Waals surface area contributed by atoms with E-state index in [1.807, 2.05) is 24.3 Å². The van der Waals surface area contributed by atoms with E-state index in [1.54, 1.807) is 27.6 Å². The van der Waals surface area contributed by atoms with Crippen molar-refractivity contribution in [1.29, 1.82) is 0 Å². The van der Waals surface area contributed by atoms with E-state index >= 15 is 0 Å². The van der Waals surface area contributed by atoms with Crippen LogP contribution in [0.2, 0.25) is 0 Å². The Morgan fingerprint density at radius 1 is 0.960 bits per heavy atom. The summed E-state index contributed by atoms with van der Waals surface area (Å²) in [7, 11) is 4.92. The molecule has 2 atom stereocenters. The number of fused-ring (bicyclic) bond motifs is 3. The highest BCUT2D eigenvalue weighted by atomic mass is 16.5. The molecule has 2 unspecified atom stereocenters. The predicted molar refractivity (Wildman–Crippen MR) is 93.5 cm³/mol. The summed E-state index contributed by atoms with van der Waals surface area (Å²) in [6.45, 7) is 0. The maximum atomic E-state index is 6.39. The number of benzene rings is 2. The summed E-state index contributed by atoms with van der Waals surface area (Å²) < 4.78 is 29.0. The van der Waals surface area contributed by atoms with Crippen molar-refractivity contribution in [2.45, 2.75) is 18.6 Å². The predicted octanol–water partition coefficient (Wildman–Crippen LogP) is 4.66. The van der Waals surface area contributed by atoms with Gasteiger partial charge in [-0.15, -0.1) is 0 Å². The van der Waals surface area contributed by atoms with Gasteiger partial charge < -0.3 is 23.4 Å². The summed E-state index contributed by atoms with van der Waals surface area (Å²) in [5.74, 6) is 1.89. The minimum Gasteiger partial charge on any atom is -0.492 e. The quantitative estimate of drug-likeness (QED) is 0.691. The Balaban J connectivity index is 1.94. The fourth-order valence-corrected chi connectivity index (χ4v) is 3.53. The molecule has 1 aliphatic heterocycles. The summed E-state index contributed by atoms with van der Waals surface area (Å²) in [6, 6.07) is 12.0. The maximum Gasteiger partial charge on any atom is 0.205 e. The second kappa shape index (κ2) is 6.33. The Kier molecular flexibility index (Phi) is 4.01. The Morgan fingerprint density at radius 2 is 1.72 bits per heavy atom. The lowest BCUT2D eigenvalue weighted by molar-refractivity contribution is 0.0288. The topological polar surface area (TPSA) is 50.1 Å². The molecule has 0 radical (unpaired) electrons. The van der Waals surface area contributed by atoms with Crippen molar-refractivity contribution >= 4 is 11.0 Å². The van der Waals surface area contributed by atoms with Crippen LogP contribution in [0.3, 0.4) is 0 Å². The molecule has 130 valence electrons. The summed E-state index contributed by atoms with van der Waals surface area (Å²) in [6.07, 6.45) is 2.05. The van der Waals surface area contributed by atoms with Crippen molar-refractivity contribution in [1.82, 2.24) is 0 Å². The molecule has 5 heteroatoms. The third-order valence-corrected chi connectivity index (χ3v) is 4.69. The van der Waals surface area contributed by atoms with Crippen LogP contribution in [0.1, 0.15) is 29.8 Å². The van der Waals surface area contributed by atoms with Gasteiger partial charge in [-0.3, -0.25) is 0 Å². The van der Waals surface area contributed by atoms with Gasteiger partial charge in [-0.1, -0.05) is 30.3 Å². The van der Waals surface area contributed by atoms with Crippen LogP contribution < -0.4 is 14.2 Å². The largest absolute Gasteiger partial charge is 0.492 e. The molecule has 0 saturated heterocycles. The molecule has 2 heterocycles. The van der Waals surface area contributed by atoms with E-state index in [-0.39, 0.29) is 12.2 Å². The monoisotopic (exact) mass is 340 g/mol. The fraction of sp³-hybridized carbons (Fsp3) is 0.300. The second-order valence-corrected chi connectivity index (χ2v) is 5.95. The van der Waals surface area contributed by atoms with Crippen molar-refractivity contribution in [3.8, 4) is 17.2 Å². The standard InChI is InChI=1S/C20H20O5/c1-21-15-11-14(12-7-5-4-6-8-12)25-17-13-9-10-24-18(13)20(23-3)19(22-2)16(15)17/h4-10,14-15H,11H2,1-3H3. The molecule has 0 amide bonds. The van der Waals surface area contributed by atoms with E-state index < -0.39 is 0 Å². The van der Waals surface area contributed by atoms with Gasteiger partial charge in [-0.05, 0) is 11.6 Å². The Morgan fingerprint density at radius 3 is 2.40 bits per heavy atom. The normalized spacial score (nSPS) is 19.3. The highest BCUT2D eigenvalue weighted by molar-refractivity contribution is 5.94. The Labute approximate surface area is 146 Å². The van der Waals surface area contributed by atoms with Crippen LogP contribution in [0.25, 0.3) is 11.0 Å². The SMILES string of the molecule is COc1c2c(c3ccoc3c1OC)OC(c1ccccc1)CC2OC. The average molecular weight is 340 g/mol. The second-order valence-electron chi connectivity index (χ2n) is 5.95. The number of furan rings is 1. The minimum absolute atomic E-state index is 0.102. The molecule has 1 aromatic heterocycles.